The third-order valence-corrected chi connectivity index (χ3v) is 2.85. The van der Waals surface area contributed by atoms with Crippen molar-refractivity contribution in [1.29, 1.82) is 0 Å². The molecule has 1 aromatic rings. The smallest absolute Gasteiger partial charge is 0.298 e. The molecule has 0 fully saturated rings. The van der Waals surface area contributed by atoms with E-state index >= 15 is 0 Å². The summed E-state index contributed by atoms with van der Waals surface area (Å²) in [5.41, 5.74) is 0.983. The minimum absolute atomic E-state index is 0.138. The molecule has 1 heterocycles. The van der Waals surface area contributed by atoms with E-state index in [9.17, 15) is 14.4 Å². The van der Waals surface area contributed by atoms with Crippen LogP contribution >= 0.6 is 0 Å². The van der Waals surface area contributed by atoms with Gasteiger partial charge in [0.25, 0.3) is 11.8 Å². The summed E-state index contributed by atoms with van der Waals surface area (Å²) in [5.74, 6) is -0.929. The van der Waals surface area contributed by atoms with E-state index in [0.717, 1.165) is 0 Å². The van der Waals surface area contributed by atoms with Gasteiger partial charge in [0.2, 0.25) is 0 Å². The van der Waals surface area contributed by atoms with Gasteiger partial charge in [0, 0.05) is 25.1 Å². The molecule has 6 heteroatoms. The number of anilines is 1. The molecule has 1 aliphatic heterocycles. The van der Waals surface area contributed by atoms with Crippen molar-refractivity contribution in [1.82, 2.24) is 0 Å². The number of rotatable bonds is 5. The van der Waals surface area contributed by atoms with E-state index in [1.165, 1.54) is 6.07 Å². The highest BCUT2D eigenvalue weighted by Gasteiger charge is 2.24. The Labute approximate surface area is 109 Å². The number of Topliss-reactive ketones (excluding diaryl/α,β-unsaturated/α-hetero) is 1. The quantitative estimate of drug-likeness (QED) is 0.878. The van der Waals surface area contributed by atoms with Crippen molar-refractivity contribution in [3.8, 4) is 0 Å². The minimum Gasteiger partial charge on any atom is -0.384 e. The number of hydrogen-bond acceptors (Lipinski definition) is 4. The molecule has 19 heavy (non-hydrogen) atoms. The Morgan fingerprint density at radius 3 is 2.68 bits per heavy atom. The maximum atomic E-state index is 11.7. The highest BCUT2D eigenvalue weighted by Crippen LogP contribution is 2.25. The molecular formula is C13H13N3O3. The zero-order valence-corrected chi connectivity index (χ0v) is 10.5. The molecule has 1 aliphatic rings. The zero-order chi connectivity index (χ0) is 13.8. The van der Waals surface area contributed by atoms with Crippen molar-refractivity contribution in [3.05, 3.63) is 29.3 Å². The van der Waals surface area contributed by atoms with Gasteiger partial charge in [-0.25, -0.2) is 0 Å². The topological polar surface area (TPSA) is 88.0 Å². The standard InChI is InChI=1S/C13H13N3O3/c1-2-8(17)6-7-14-10-5-3-4-9-11(10)13(19)16-15-12(9)18/h3-5,14H,2,6-7H2,1H3. The number of ketones is 1. The zero-order valence-electron chi connectivity index (χ0n) is 10.5. The molecule has 0 radical (unpaired) electrons. The molecule has 0 bridgehead atoms. The van der Waals surface area contributed by atoms with E-state index in [0.29, 0.717) is 25.1 Å². The predicted octanol–water partition coefficient (Wildman–Crippen LogP) is 2.21. The van der Waals surface area contributed by atoms with Crippen LogP contribution in [0.3, 0.4) is 0 Å². The monoisotopic (exact) mass is 259 g/mol. The van der Waals surface area contributed by atoms with Gasteiger partial charge in [0.15, 0.2) is 0 Å². The van der Waals surface area contributed by atoms with Gasteiger partial charge in [-0.1, -0.05) is 13.0 Å². The highest BCUT2D eigenvalue weighted by atomic mass is 16.2. The largest absolute Gasteiger partial charge is 0.384 e. The van der Waals surface area contributed by atoms with Crippen molar-refractivity contribution in [2.75, 3.05) is 11.9 Å². The molecule has 0 unspecified atom stereocenters. The van der Waals surface area contributed by atoms with Gasteiger partial charge >= 0.3 is 0 Å². The Bertz CT molecular complexity index is 578. The number of benzene rings is 1. The molecule has 0 saturated carbocycles. The molecule has 0 aliphatic carbocycles. The lowest BCUT2D eigenvalue weighted by Crippen LogP contribution is -2.16. The Morgan fingerprint density at radius 1 is 1.21 bits per heavy atom. The van der Waals surface area contributed by atoms with Gasteiger partial charge < -0.3 is 5.32 Å². The summed E-state index contributed by atoms with van der Waals surface area (Å²) in [6.07, 6.45) is 0.865. The Kier molecular flexibility index (Phi) is 3.79. The van der Waals surface area contributed by atoms with Gasteiger partial charge in [0.1, 0.15) is 5.78 Å². The number of fused-ring (bicyclic) bond motifs is 1. The van der Waals surface area contributed by atoms with Gasteiger partial charge in [-0.3, -0.25) is 14.4 Å². The third kappa shape index (κ3) is 2.73. The number of azo groups is 1. The van der Waals surface area contributed by atoms with Crippen LogP contribution in [0.25, 0.3) is 0 Å². The molecule has 2 amide bonds. The Balaban J connectivity index is 2.19. The predicted molar refractivity (Wildman–Crippen MR) is 68.4 cm³/mol. The fraction of sp³-hybridized carbons (Fsp3) is 0.308. The minimum atomic E-state index is -0.542. The van der Waals surface area contributed by atoms with Crippen LogP contribution < -0.4 is 5.32 Å². The first-order valence-corrected chi connectivity index (χ1v) is 6.02. The normalized spacial score (nSPS) is 13.3. The summed E-state index contributed by atoms with van der Waals surface area (Å²) in [4.78, 5) is 34.4. The lowest BCUT2D eigenvalue weighted by atomic mass is 10.0. The van der Waals surface area contributed by atoms with Crippen molar-refractivity contribution < 1.29 is 14.4 Å². The maximum absolute atomic E-state index is 11.7. The Morgan fingerprint density at radius 2 is 1.95 bits per heavy atom. The van der Waals surface area contributed by atoms with Crippen molar-refractivity contribution >= 4 is 23.3 Å². The second-order valence-electron chi connectivity index (χ2n) is 4.11. The third-order valence-electron chi connectivity index (χ3n) is 2.85. The molecule has 0 spiro atoms. The van der Waals surface area contributed by atoms with Gasteiger partial charge in [-0.2, -0.15) is 0 Å². The van der Waals surface area contributed by atoms with Crippen LogP contribution in [0, 0.1) is 0 Å². The molecule has 98 valence electrons. The van der Waals surface area contributed by atoms with Gasteiger partial charge in [0.05, 0.1) is 11.1 Å². The van der Waals surface area contributed by atoms with Crippen LogP contribution in [-0.2, 0) is 4.79 Å². The fourth-order valence-corrected chi connectivity index (χ4v) is 1.82. The summed E-state index contributed by atoms with van der Waals surface area (Å²) in [7, 11) is 0. The SMILES string of the molecule is CCC(=O)CCNc1cccc2c1C(=O)N=NC2=O. The van der Waals surface area contributed by atoms with Crippen LogP contribution in [0.15, 0.2) is 28.4 Å². The summed E-state index contributed by atoms with van der Waals surface area (Å²) >= 11 is 0. The van der Waals surface area contributed by atoms with E-state index in [1.54, 1.807) is 19.1 Å². The molecular weight excluding hydrogens is 246 g/mol. The van der Waals surface area contributed by atoms with E-state index in [1.807, 2.05) is 0 Å². The Hall–Kier alpha value is -2.37. The lowest BCUT2D eigenvalue weighted by Gasteiger charge is -2.13. The lowest BCUT2D eigenvalue weighted by molar-refractivity contribution is -0.118. The molecule has 1 aromatic carbocycles. The summed E-state index contributed by atoms with van der Waals surface area (Å²) in [6.45, 7) is 2.22. The second kappa shape index (κ2) is 5.51. The summed E-state index contributed by atoms with van der Waals surface area (Å²) < 4.78 is 0. The van der Waals surface area contributed by atoms with E-state index < -0.39 is 11.8 Å². The van der Waals surface area contributed by atoms with E-state index in [2.05, 4.69) is 15.5 Å². The number of nitrogens with zero attached hydrogens (tertiary/aromatic N) is 2. The van der Waals surface area contributed by atoms with Crippen LogP contribution in [0.5, 0.6) is 0 Å². The van der Waals surface area contributed by atoms with Crippen LogP contribution in [0.4, 0.5) is 5.69 Å². The fourth-order valence-electron chi connectivity index (χ4n) is 1.82. The van der Waals surface area contributed by atoms with E-state index in [-0.39, 0.29) is 16.9 Å². The average Bonchev–Trinajstić information content (AvgIpc) is 2.43. The molecule has 0 saturated heterocycles. The number of carbonyl (C=O) groups is 3. The van der Waals surface area contributed by atoms with E-state index in [4.69, 9.17) is 0 Å². The molecule has 0 aromatic heterocycles. The number of nitrogens with one attached hydrogen (secondary N) is 1. The van der Waals surface area contributed by atoms with Crippen LogP contribution in [0.2, 0.25) is 0 Å². The summed E-state index contributed by atoms with van der Waals surface area (Å²) in [6, 6.07) is 4.88. The maximum Gasteiger partial charge on any atom is 0.298 e. The number of carbonyl (C=O) groups excluding carboxylic acids is 3. The van der Waals surface area contributed by atoms with Crippen LogP contribution in [0.1, 0.15) is 40.5 Å². The molecule has 6 nitrogen and oxygen atoms in total. The van der Waals surface area contributed by atoms with Gasteiger partial charge in [-0.15, -0.1) is 10.2 Å². The highest BCUT2D eigenvalue weighted by molar-refractivity contribution is 6.14. The summed E-state index contributed by atoms with van der Waals surface area (Å²) in [5, 5.41) is 9.57. The van der Waals surface area contributed by atoms with Crippen molar-refractivity contribution in [2.24, 2.45) is 10.2 Å². The van der Waals surface area contributed by atoms with Gasteiger partial charge in [-0.05, 0) is 12.1 Å². The molecule has 2 rings (SSSR count). The number of amides is 2. The number of hydrogen-bond donors (Lipinski definition) is 1. The first kappa shape index (κ1) is 13.1. The first-order chi connectivity index (χ1) is 9.13. The van der Waals surface area contributed by atoms with Crippen molar-refractivity contribution in [2.45, 2.75) is 19.8 Å². The average molecular weight is 259 g/mol. The van der Waals surface area contributed by atoms with Crippen LogP contribution in [-0.4, -0.2) is 24.1 Å². The van der Waals surface area contributed by atoms with Crippen molar-refractivity contribution in [3.63, 3.8) is 0 Å². The second-order valence-corrected chi connectivity index (χ2v) is 4.11. The first-order valence-electron chi connectivity index (χ1n) is 6.02. The molecule has 1 N–H and O–H groups in total. The molecule has 0 atom stereocenters.